The van der Waals surface area contributed by atoms with Crippen LogP contribution in [0.1, 0.15) is 31.7 Å². The highest BCUT2D eigenvalue weighted by atomic mass is 32.2. The zero-order valence-corrected chi connectivity index (χ0v) is 12.7. The van der Waals surface area contributed by atoms with Crippen molar-refractivity contribution in [2.45, 2.75) is 37.6 Å². The zero-order valence-electron chi connectivity index (χ0n) is 11.9. The molecule has 1 aromatic carbocycles. The van der Waals surface area contributed by atoms with Gasteiger partial charge in [-0.15, -0.1) is 0 Å². The summed E-state index contributed by atoms with van der Waals surface area (Å²) >= 11 is 0. The second kappa shape index (κ2) is 5.79. The van der Waals surface area contributed by atoms with Crippen LogP contribution in [0.5, 0.6) is 0 Å². The average molecular weight is 300 g/mol. The molecule has 112 valence electrons. The summed E-state index contributed by atoms with van der Waals surface area (Å²) < 4.78 is 40.7. The summed E-state index contributed by atoms with van der Waals surface area (Å²) in [4.78, 5) is 0.0229. The number of hydrogen-bond donors (Lipinski definition) is 2. The average Bonchev–Trinajstić information content (AvgIpc) is 2.36. The Morgan fingerprint density at radius 1 is 1.35 bits per heavy atom. The van der Waals surface area contributed by atoms with Gasteiger partial charge in [-0.25, -0.2) is 17.5 Å². The monoisotopic (exact) mass is 300 g/mol. The van der Waals surface area contributed by atoms with Crippen LogP contribution in [0.4, 0.5) is 4.39 Å². The molecular weight excluding hydrogens is 279 g/mol. The van der Waals surface area contributed by atoms with Gasteiger partial charge in [0.05, 0.1) is 4.90 Å². The predicted octanol–water partition coefficient (Wildman–Crippen LogP) is 2.01. The van der Waals surface area contributed by atoms with Gasteiger partial charge >= 0.3 is 0 Å². The number of nitrogens with one attached hydrogen (secondary N) is 2. The van der Waals surface area contributed by atoms with Gasteiger partial charge in [-0.1, -0.05) is 19.4 Å². The van der Waals surface area contributed by atoms with Crippen LogP contribution in [0.25, 0.3) is 0 Å². The molecule has 2 rings (SSSR count). The van der Waals surface area contributed by atoms with E-state index < -0.39 is 15.8 Å². The normalized spacial score (nSPS) is 17.8. The van der Waals surface area contributed by atoms with E-state index in [1.165, 1.54) is 12.1 Å². The maximum Gasteiger partial charge on any atom is 0.241 e. The minimum Gasteiger partial charge on any atom is -0.316 e. The summed E-state index contributed by atoms with van der Waals surface area (Å²) in [7, 11) is -1.95. The lowest BCUT2D eigenvalue weighted by molar-refractivity contribution is 0.166. The fourth-order valence-electron chi connectivity index (χ4n) is 2.42. The highest BCUT2D eigenvalue weighted by Gasteiger charge is 2.33. The molecule has 0 saturated heterocycles. The summed E-state index contributed by atoms with van der Waals surface area (Å²) in [5.74, 6) is -0.542. The number of halogens is 1. The molecule has 6 heteroatoms. The first-order valence-electron chi connectivity index (χ1n) is 6.79. The zero-order chi connectivity index (χ0) is 14.8. The highest BCUT2D eigenvalue weighted by molar-refractivity contribution is 7.89. The first-order chi connectivity index (χ1) is 9.36. The second-order valence-corrected chi connectivity index (χ2v) is 7.51. The van der Waals surface area contributed by atoms with Crippen molar-refractivity contribution < 1.29 is 12.8 Å². The Bertz CT molecular complexity index is 583. The van der Waals surface area contributed by atoms with Crippen molar-refractivity contribution in [2.75, 3.05) is 13.6 Å². The Labute approximate surface area is 119 Å². The first-order valence-corrected chi connectivity index (χ1v) is 8.27. The van der Waals surface area contributed by atoms with Gasteiger partial charge in [0.15, 0.2) is 0 Å². The molecule has 1 aliphatic rings. The fraction of sp³-hybridized carbons (Fsp3) is 0.571. The van der Waals surface area contributed by atoms with E-state index >= 15 is 0 Å². The van der Waals surface area contributed by atoms with Crippen LogP contribution < -0.4 is 10.0 Å². The van der Waals surface area contributed by atoms with Crippen LogP contribution in [-0.2, 0) is 16.6 Å². The SMILES string of the molecule is CNCc1ccc(F)cc1S(=O)(=O)NCC1(C)CCC1. The second-order valence-electron chi connectivity index (χ2n) is 5.77. The standard InChI is InChI=1S/C14H21FN2O2S/c1-14(6-3-7-14)10-17-20(18,19)13-8-12(15)5-4-11(13)9-16-2/h4-5,8,16-17H,3,6-7,9-10H2,1-2H3. The minimum atomic E-state index is -3.68. The molecule has 0 spiro atoms. The van der Waals surface area contributed by atoms with Gasteiger partial charge in [-0.05, 0) is 43.0 Å². The molecule has 0 bridgehead atoms. The number of hydrogen-bond acceptors (Lipinski definition) is 3. The van der Waals surface area contributed by atoms with Gasteiger partial charge < -0.3 is 5.32 Å². The van der Waals surface area contributed by atoms with E-state index in [-0.39, 0.29) is 10.3 Å². The van der Waals surface area contributed by atoms with Gasteiger partial charge in [0.1, 0.15) is 5.82 Å². The summed E-state index contributed by atoms with van der Waals surface area (Å²) in [6.07, 6.45) is 3.20. The topological polar surface area (TPSA) is 58.2 Å². The molecule has 4 nitrogen and oxygen atoms in total. The Hall–Kier alpha value is -0.980. The van der Waals surface area contributed by atoms with E-state index in [1.807, 2.05) is 0 Å². The molecule has 0 unspecified atom stereocenters. The van der Waals surface area contributed by atoms with E-state index in [0.717, 1.165) is 25.3 Å². The molecule has 1 saturated carbocycles. The predicted molar refractivity (Wildman–Crippen MR) is 76.3 cm³/mol. The third-order valence-electron chi connectivity index (χ3n) is 3.94. The third kappa shape index (κ3) is 3.37. The van der Waals surface area contributed by atoms with Crippen LogP contribution in [-0.4, -0.2) is 22.0 Å². The first kappa shape index (κ1) is 15.4. The minimum absolute atomic E-state index is 0.0229. The van der Waals surface area contributed by atoms with E-state index in [1.54, 1.807) is 7.05 Å². The maximum atomic E-state index is 13.4. The molecular formula is C14H21FN2O2S. The van der Waals surface area contributed by atoms with Crippen molar-refractivity contribution in [3.63, 3.8) is 0 Å². The van der Waals surface area contributed by atoms with Crippen molar-refractivity contribution in [1.82, 2.24) is 10.0 Å². The van der Waals surface area contributed by atoms with E-state index in [9.17, 15) is 12.8 Å². The molecule has 2 N–H and O–H groups in total. The maximum absolute atomic E-state index is 13.4. The van der Waals surface area contributed by atoms with Crippen LogP contribution >= 0.6 is 0 Å². The van der Waals surface area contributed by atoms with Crippen LogP contribution in [0.2, 0.25) is 0 Å². The number of rotatable bonds is 6. The fourth-order valence-corrected chi connectivity index (χ4v) is 3.87. The largest absolute Gasteiger partial charge is 0.316 e. The smallest absolute Gasteiger partial charge is 0.241 e. The van der Waals surface area contributed by atoms with Crippen LogP contribution in [0.15, 0.2) is 23.1 Å². The van der Waals surface area contributed by atoms with Crippen LogP contribution in [0.3, 0.4) is 0 Å². The van der Waals surface area contributed by atoms with Crippen molar-refractivity contribution in [3.05, 3.63) is 29.6 Å². The molecule has 1 aromatic rings. The number of sulfonamides is 1. The lowest BCUT2D eigenvalue weighted by Gasteiger charge is -2.38. The van der Waals surface area contributed by atoms with Crippen molar-refractivity contribution in [1.29, 1.82) is 0 Å². The number of benzene rings is 1. The van der Waals surface area contributed by atoms with Crippen molar-refractivity contribution in [2.24, 2.45) is 5.41 Å². The lowest BCUT2D eigenvalue weighted by atomic mass is 9.71. The quantitative estimate of drug-likeness (QED) is 0.845. The van der Waals surface area contributed by atoms with Crippen molar-refractivity contribution in [3.8, 4) is 0 Å². The summed E-state index contributed by atoms with van der Waals surface area (Å²) in [5.41, 5.74) is 0.615. The molecule has 1 aliphatic carbocycles. The molecule has 0 amide bonds. The summed E-state index contributed by atoms with van der Waals surface area (Å²) in [6, 6.07) is 3.86. The molecule has 0 atom stereocenters. The molecule has 0 radical (unpaired) electrons. The Kier molecular flexibility index (Phi) is 4.46. The van der Waals surface area contributed by atoms with E-state index in [4.69, 9.17) is 0 Å². The third-order valence-corrected chi connectivity index (χ3v) is 5.42. The Balaban J connectivity index is 2.21. The molecule has 20 heavy (non-hydrogen) atoms. The summed E-state index contributed by atoms with van der Waals surface area (Å²) in [5, 5.41) is 2.90. The molecule has 1 fully saturated rings. The van der Waals surface area contributed by atoms with Crippen LogP contribution in [0, 0.1) is 11.2 Å². The van der Waals surface area contributed by atoms with Gasteiger partial charge in [0.25, 0.3) is 0 Å². The molecule has 0 aromatic heterocycles. The van der Waals surface area contributed by atoms with Gasteiger partial charge in [-0.2, -0.15) is 0 Å². The van der Waals surface area contributed by atoms with E-state index in [0.29, 0.717) is 18.7 Å². The van der Waals surface area contributed by atoms with Gasteiger partial charge in [0.2, 0.25) is 10.0 Å². The Morgan fingerprint density at radius 2 is 2.05 bits per heavy atom. The van der Waals surface area contributed by atoms with Gasteiger partial charge in [-0.3, -0.25) is 0 Å². The Morgan fingerprint density at radius 3 is 2.60 bits per heavy atom. The molecule has 0 heterocycles. The summed E-state index contributed by atoms with van der Waals surface area (Å²) in [6.45, 7) is 2.86. The van der Waals surface area contributed by atoms with E-state index in [2.05, 4.69) is 17.0 Å². The van der Waals surface area contributed by atoms with Crippen molar-refractivity contribution >= 4 is 10.0 Å². The molecule has 0 aliphatic heterocycles. The van der Waals surface area contributed by atoms with Gasteiger partial charge in [0, 0.05) is 13.1 Å². The lowest BCUT2D eigenvalue weighted by Crippen LogP contribution is -2.40. The highest BCUT2D eigenvalue weighted by Crippen LogP contribution is 2.39.